The van der Waals surface area contributed by atoms with Gasteiger partial charge in [0.1, 0.15) is 33.9 Å². The molecule has 0 saturated heterocycles. The number of anilines is 2. The molecule has 0 atom stereocenters. The van der Waals surface area contributed by atoms with Crippen LogP contribution < -0.4 is 20.9 Å². The molecule has 0 saturated carbocycles. The Morgan fingerprint density at radius 2 is 0.762 bits per heavy atom. The molecule has 3 aromatic carbocycles. The molecule has 0 radical (unpaired) electrons. The normalized spacial score (nSPS) is 12.6. The largest absolute Gasteiger partial charge is 0.450 e. The van der Waals surface area contributed by atoms with E-state index in [4.69, 9.17) is 11.5 Å². The third-order valence-electron chi connectivity index (χ3n) is 5.03. The van der Waals surface area contributed by atoms with Crippen LogP contribution in [0.1, 0.15) is 16.7 Å². The Hall–Kier alpha value is -4.33. The molecule has 0 aliphatic carbocycles. The van der Waals surface area contributed by atoms with Crippen LogP contribution in [-0.4, -0.2) is 0 Å². The summed E-state index contributed by atoms with van der Waals surface area (Å²) in [5.74, 6) is -33.7. The van der Waals surface area contributed by atoms with E-state index in [9.17, 15) is 70.2 Å². The fraction of sp³-hybridized carbons (Fsp3) is 0.143. The first kappa shape index (κ1) is 32.2. The SMILES string of the molecule is Nc1c(F)c(F)c(C(F)(F)F)c(Oc2cc(F)c(C(F)(F)F)c(Oc3c(F)c(N)c(F)c(F)c3C(F)(F)F)c2F)c1F. The van der Waals surface area contributed by atoms with E-state index in [0.29, 0.717) is 0 Å². The standard InChI is InChI=1S/C21H5F17N2O2/c22-2-1-3(41-17-5(20(33,34)35)8(24)10(26)14(39)12(17)28)7(23)16(4(2)19(30,31)32)42-18-6(21(36,37)38)9(25)11(27)15(40)13(18)29/h1H,39-40H2. The molecular weight excluding hydrogens is 635 g/mol. The van der Waals surface area contributed by atoms with Crippen molar-refractivity contribution in [3.63, 3.8) is 0 Å². The second-order valence-electron chi connectivity index (χ2n) is 7.69. The van der Waals surface area contributed by atoms with E-state index in [-0.39, 0.29) is 0 Å². The van der Waals surface area contributed by atoms with Crippen molar-refractivity contribution >= 4 is 11.4 Å². The van der Waals surface area contributed by atoms with E-state index in [2.05, 4.69) is 9.47 Å². The van der Waals surface area contributed by atoms with Gasteiger partial charge >= 0.3 is 18.5 Å². The zero-order valence-electron chi connectivity index (χ0n) is 19.0. The summed E-state index contributed by atoms with van der Waals surface area (Å²) in [5.41, 5.74) is -4.12. The fourth-order valence-corrected chi connectivity index (χ4v) is 3.24. The molecule has 3 aromatic rings. The van der Waals surface area contributed by atoms with Crippen molar-refractivity contribution in [3.8, 4) is 23.0 Å². The smallest absolute Gasteiger partial charge is 0.423 e. The molecule has 0 amide bonds. The minimum absolute atomic E-state index is 0.803. The van der Waals surface area contributed by atoms with Crippen molar-refractivity contribution in [2.75, 3.05) is 11.5 Å². The summed E-state index contributed by atoms with van der Waals surface area (Å²) in [6.07, 6.45) is -18.6. The number of ether oxygens (including phenoxy) is 2. The van der Waals surface area contributed by atoms with Crippen molar-refractivity contribution in [2.45, 2.75) is 18.5 Å². The van der Waals surface area contributed by atoms with Crippen LogP contribution in [-0.2, 0) is 18.5 Å². The van der Waals surface area contributed by atoms with E-state index in [0.717, 1.165) is 0 Å². The zero-order chi connectivity index (χ0) is 32.4. The van der Waals surface area contributed by atoms with Crippen LogP contribution in [0.25, 0.3) is 0 Å². The van der Waals surface area contributed by atoms with E-state index >= 15 is 4.39 Å². The van der Waals surface area contributed by atoms with E-state index in [1.807, 2.05) is 0 Å². The Morgan fingerprint density at radius 3 is 1.12 bits per heavy atom. The monoisotopic (exact) mass is 640 g/mol. The van der Waals surface area contributed by atoms with Gasteiger partial charge in [0.25, 0.3) is 0 Å². The molecule has 4 nitrogen and oxygen atoms in total. The van der Waals surface area contributed by atoms with Crippen LogP contribution in [0.3, 0.4) is 0 Å². The number of nitrogens with two attached hydrogens (primary N) is 2. The lowest BCUT2D eigenvalue weighted by Gasteiger charge is -2.22. The number of hydrogen-bond donors (Lipinski definition) is 2. The van der Waals surface area contributed by atoms with Gasteiger partial charge in [-0.3, -0.25) is 0 Å². The molecule has 0 spiro atoms. The second-order valence-corrected chi connectivity index (χ2v) is 7.69. The van der Waals surface area contributed by atoms with E-state index in [1.54, 1.807) is 0 Å². The summed E-state index contributed by atoms with van der Waals surface area (Å²) in [6, 6.07) is -0.803. The lowest BCUT2D eigenvalue weighted by Crippen LogP contribution is -2.18. The maximum absolute atomic E-state index is 15.2. The Labute approximate surface area is 218 Å². The molecular formula is C21H5F17N2O2. The van der Waals surface area contributed by atoms with Crippen molar-refractivity contribution < 1.29 is 84.1 Å². The van der Waals surface area contributed by atoms with Crippen molar-refractivity contribution in [1.82, 2.24) is 0 Å². The van der Waals surface area contributed by atoms with Gasteiger partial charge in [0.05, 0.1) is 0 Å². The van der Waals surface area contributed by atoms with Crippen LogP contribution in [0.15, 0.2) is 6.07 Å². The summed E-state index contributed by atoms with van der Waals surface area (Å²) >= 11 is 0. The molecule has 0 fully saturated rings. The number of hydrogen-bond acceptors (Lipinski definition) is 4. The van der Waals surface area contributed by atoms with Crippen molar-refractivity contribution in [2.24, 2.45) is 0 Å². The van der Waals surface area contributed by atoms with Crippen molar-refractivity contribution in [3.05, 3.63) is 69.3 Å². The predicted octanol–water partition coefficient (Wildman–Crippen LogP) is 8.60. The minimum Gasteiger partial charge on any atom is -0.450 e. The van der Waals surface area contributed by atoms with Gasteiger partial charge in [0, 0.05) is 6.07 Å². The van der Waals surface area contributed by atoms with Crippen LogP contribution >= 0.6 is 0 Å². The number of nitrogen functional groups attached to an aromatic ring is 2. The van der Waals surface area contributed by atoms with Gasteiger partial charge in [-0.15, -0.1) is 0 Å². The van der Waals surface area contributed by atoms with Gasteiger partial charge in [0.2, 0.25) is 5.82 Å². The van der Waals surface area contributed by atoms with Crippen LogP contribution in [0.2, 0.25) is 0 Å². The summed E-state index contributed by atoms with van der Waals surface area (Å²) in [5, 5.41) is 0. The number of benzene rings is 3. The van der Waals surface area contributed by atoms with Gasteiger partial charge in [0.15, 0.2) is 57.9 Å². The van der Waals surface area contributed by atoms with Crippen LogP contribution in [0.4, 0.5) is 86.0 Å². The molecule has 0 aliphatic rings. The molecule has 230 valence electrons. The molecule has 0 bridgehead atoms. The third-order valence-corrected chi connectivity index (χ3v) is 5.03. The highest BCUT2D eigenvalue weighted by Crippen LogP contribution is 2.51. The average molecular weight is 640 g/mol. The highest BCUT2D eigenvalue weighted by molar-refractivity contribution is 5.58. The molecule has 4 N–H and O–H groups in total. The van der Waals surface area contributed by atoms with Crippen molar-refractivity contribution in [1.29, 1.82) is 0 Å². The zero-order valence-corrected chi connectivity index (χ0v) is 19.0. The molecule has 3 rings (SSSR count). The van der Waals surface area contributed by atoms with Crippen LogP contribution in [0, 0.1) is 46.5 Å². The molecule has 0 heterocycles. The Kier molecular flexibility index (Phi) is 7.81. The average Bonchev–Trinajstić information content (AvgIpc) is 2.83. The predicted molar refractivity (Wildman–Crippen MR) is 103 cm³/mol. The first-order valence-corrected chi connectivity index (χ1v) is 9.93. The second kappa shape index (κ2) is 10.2. The topological polar surface area (TPSA) is 70.5 Å². The maximum Gasteiger partial charge on any atom is 0.423 e. The first-order valence-electron chi connectivity index (χ1n) is 9.93. The Balaban J connectivity index is 2.43. The number of rotatable bonds is 4. The van der Waals surface area contributed by atoms with Gasteiger partial charge < -0.3 is 20.9 Å². The Morgan fingerprint density at radius 1 is 0.429 bits per heavy atom. The quantitative estimate of drug-likeness (QED) is 0.170. The number of halogens is 17. The lowest BCUT2D eigenvalue weighted by atomic mass is 10.1. The summed E-state index contributed by atoms with van der Waals surface area (Å²) in [4.78, 5) is 0. The lowest BCUT2D eigenvalue weighted by molar-refractivity contribution is -0.143. The maximum atomic E-state index is 15.2. The van der Waals surface area contributed by atoms with E-state index in [1.165, 1.54) is 0 Å². The van der Waals surface area contributed by atoms with Gasteiger partial charge in [-0.25, -0.2) is 30.7 Å². The summed E-state index contributed by atoms with van der Waals surface area (Å²) < 4.78 is 242. The summed E-state index contributed by atoms with van der Waals surface area (Å²) in [6.45, 7) is 0. The molecule has 42 heavy (non-hydrogen) atoms. The van der Waals surface area contributed by atoms with E-state index < -0.39 is 122 Å². The van der Waals surface area contributed by atoms with Gasteiger partial charge in [-0.2, -0.15) is 43.9 Å². The Bertz CT molecular complexity index is 1590. The highest BCUT2D eigenvalue weighted by atomic mass is 19.4. The molecule has 0 aliphatic heterocycles. The first-order chi connectivity index (χ1) is 18.9. The van der Waals surface area contributed by atoms with Crippen LogP contribution in [0.5, 0.6) is 23.0 Å². The molecule has 0 unspecified atom stereocenters. The highest BCUT2D eigenvalue weighted by Gasteiger charge is 2.47. The third kappa shape index (κ3) is 5.33. The molecule has 0 aromatic heterocycles. The number of alkyl halides is 9. The summed E-state index contributed by atoms with van der Waals surface area (Å²) in [7, 11) is 0. The van der Waals surface area contributed by atoms with Gasteiger partial charge in [-0.1, -0.05) is 0 Å². The molecule has 21 heteroatoms. The minimum atomic E-state index is -6.25. The van der Waals surface area contributed by atoms with Gasteiger partial charge in [-0.05, 0) is 0 Å². The fourth-order valence-electron chi connectivity index (χ4n) is 3.24.